The molecule has 0 aliphatic heterocycles. The third-order valence-electron chi connectivity index (χ3n) is 17.1. The number of hydrogen-bond donors (Lipinski definition) is 9. The van der Waals surface area contributed by atoms with Gasteiger partial charge in [0, 0.05) is 57.3 Å². The van der Waals surface area contributed by atoms with Crippen molar-refractivity contribution in [2.24, 2.45) is 5.73 Å². The van der Waals surface area contributed by atoms with E-state index in [1.807, 2.05) is 176 Å². The van der Waals surface area contributed by atoms with Crippen LogP contribution in [-0.2, 0) is 93.2 Å². The van der Waals surface area contributed by atoms with Gasteiger partial charge in [0.25, 0.3) is 0 Å². The maximum atomic E-state index is 8.94. The van der Waals surface area contributed by atoms with Crippen LogP contribution in [0.1, 0.15) is 56.4 Å². The molecule has 0 aliphatic rings. The summed E-state index contributed by atoms with van der Waals surface area (Å²) in [6.45, 7) is 1.27. The normalized spacial score (nSPS) is 11.0. The highest BCUT2D eigenvalue weighted by molar-refractivity contribution is 6.34. The summed E-state index contributed by atoms with van der Waals surface area (Å²) in [5.41, 5.74) is 21.0. The summed E-state index contributed by atoms with van der Waals surface area (Å²) >= 11 is 6.09. The third-order valence-corrected chi connectivity index (χ3v) is 17.4. The number of ether oxygens (including phenoxy) is 7. The summed E-state index contributed by atoms with van der Waals surface area (Å²) in [6.07, 6.45) is 8.10. The summed E-state index contributed by atoms with van der Waals surface area (Å²) in [5, 5.41) is 83.9. The molecule has 113 heavy (non-hydrogen) atoms. The van der Waals surface area contributed by atoms with Crippen molar-refractivity contribution in [3.63, 3.8) is 0 Å². The van der Waals surface area contributed by atoms with E-state index < -0.39 is 0 Å². The van der Waals surface area contributed by atoms with Crippen LogP contribution in [0.2, 0.25) is 5.15 Å². The van der Waals surface area contributed by atoms with Gasteiger partial charge in [0.05, 0.1) is 74.7 Å². The van der Waals surface area contributed by atoms with Crippen molar-refractivity contribution in [2.45, 2.75) is 64.8 Å². The van der Waals surface area contributed by atoms with Crippen molar-refractivity contribution in [3.05, 3.63) is 263 Å². The fourth-order valence-corrected chi connectivity index (χ4v) is 11.7. The zero-order valence-corrected chi connectivity index (χ0v) is 62.4. The molecule has 0 fully saturated rings. The van der Waals surface area contributed by atoms with Gasteiger partial charge in [-0.25, -0.2) is 29.9 Å². The van der Waals surface area contributed by atoms with Crippen molar-refractivity contribution in [3.8, 4) is 50.9 Å². The van der Waals surface area contributed by atoms with Gasteiger partial charge in [0.2, 0.25) is 5.88 Å². The molecule has 14 aromatic rings. The number of aliphatic hydroxyl groups is 7. The highest BCUT2D eigenvalue weighted by atomic mass is 35.5. The van der Waals surface area contributed by atoms with Crippen LogP contribution in [0.5, 0.6) is 5.88 Å². The Morgan fingerprint density at radius 1 is 0.345 bits per heavy atom. The largest absolute Gasteiger partial charge is 0.469 e. The van der Waals surface area contributed by atoms with E-state index in [2.05, 4.69) is 55.8 Å². The second kappa shape index (κ2) is 46.5. The first-order chi connectivity index (χ1) is 55.6. The van der Waals surface area contributed by atoms with Gasteiger partial charge < -0.3 is 98.0 Å². The molecule has 0 atom stereocenters. The van der Waals surface area contributed by atoms with E-state index in [1.54, 1.807) is 6.07 Å². The van der Waals surface area contributed by atoms with E-state index in [1.165, 1.54) is 19.0 Å². The predicted octanol–water partition coefficient (Wildman–Crippen LogP) is 10.7. The Morgan fingerprint density at radius 3 is 1.07 bits per heavy atom. The Hall–Kier alpha value is -11.3. The quantitative estimate of drug-likeness (QED) is 0.0100. The number of benzene rings is 7. The molecule has 30 nitrogen and oxygen atoms in total. The van der Waals surface area contributed by atoms with Gasteiger partial charge in [-0.2, -0.15) is 0 Å². The molecule has 0 spiro atoms. The number of nitrogens with zero attached hydrogens (tertiary/aromatic N) is 10. The van der Waals surface area contributed by atoms with Gasteiger partial charge in [-0.3, -0.25) is 0 Å². The van der Waals surface area contributed by atoms with Crippen molar-refractivity contribution >= 4 is 50.1 Å². The maximum absolute atomic E-state index is 8.94. The summed E-state index contributed by atoms with van der Waals surface area (Å²) in [4.78, 5) is 25.7. The first-order valence-electron chi connectivity index (χ1n) is 35.9. The van der Waals surface area contributed by atoms with Crippen LogP contribution in [0.3, 0.4) is 0 Å². The van der Waals surface area contributed by atoms with Crippen molar-refractivity contribution in [2.75, 3.05) is 85.7 Å². The number of aromatic nitrogens is 10. The molecule has 0 aliphatic carbocycles. The summed E-state index contributed by atoms with van der Waals surface area (Å²) in [7, 11) is 0. The molecular weight excluding hydrogens is 1480 g/mol. The molecule has 0 amide bonds. The summed E-state index contributed by atoms with van der Waals surface area (Å²) < 4.78 is 57.1. The number of fused-ring (bicyclic) bond motifs is 3. The van der Waals surface area contributed by atoms with Gasteiger partial charge in [-0.05, 0) is 108 Å². The molecule has 0 saturated heterocycles. The van der Waals surface area contributed by atoms with Crippen LogP contribution in [-0.4, -0.2) is 167 Å². The van der Waals surface area contributed by atoms with Crippen LogP contribution in [0.25, 0.3) is 77.7 Å². The highest BCUT2D eigenvalue weighted by Crippen LogP contribution is 2.31. The number of aliphatic hydroxyl groups excluding tert-OH is 7. The standard InChI is InChI=1S/C24H26N4O5.C24H25N3O6.C14H17ClN2O4.C10H10N2O.C10H9NO2/c29-15-31-8-6-18-10-21-23(11-19(18)7-9-32-16-30)26-14-27-24(21)25-13-20-12-22(28-33-20)17-4-2-1-3-5-17;28-15-30-8-6-18-10-21-23(11-19(18)7-9-31-16-29)25-14-26-24(21)32-13-20-12-22(27-33-20)17-4-2-1-3-5-17;15-14-12-5-10(1-3-20-8-18)11(2-4-21-9-19)6-13(12)16-7-17-14;11-7-9-6-10(12-13-9)8-4-2-1-3-5-8;12-7-9-6-10(11-13-9)8-4-2-1-3-5-8/h1-5,10-12,14,29-30H,6-9,13,15-16H2,(H,25,26,27);1-5,10-12,14,28-29H,6-9,13,15-16H2;5-7,18-19H,1-4,8-9H2;1-6H,7,11H2;1-6,12H,7H2. The fourth-order valence-electron chi connectivity index (χ4n) is 11.5. The van der Waals surface area contributed by atoms with E-state index in [0.717, 1.165) is 111 Å². The Bertz CT molecular complexity index is 4820. The zero-order chi connectivity index (χ0) is 79.0. The average molecular weight is 1560 g/mol. The lowest BCUT2D eigenvalue weighted by Crippen LogP contribution is -2.07. The van der Waals surface area contributed by atoms with Crippen LogP contribution in [0.4, 0.5) is 5.82 Å². The van der Waals surface area contributed by atoms with Gasteiger partial charge in [0.1, 0.15) is 100 Å². The summed E-state index contributed by atoms with van der Waals surface area (Å²) in [6, 6.07) is 58.3. The summed E-state index contributed by atoms with van der Waals surface area (Å²) in [5.74, 6) is 3.57. The molecule has 7 aromatic carbocycles. The maximum Gasteiger partial charge on any atom is 0.224 e. The van der Waals surface area contributed by atoms with Crippen LogP contribution >= 0.6 is 11.6 Å². The monoisotopic (exact) mass is 1560 g/mol. The first-order valence-corrected chi connectivity index (χ1v) is 36.3. The smallest absolute Gasteiger partial charge is 0.224 e. The predicted molar refractivity (Wildman–Crippen MR) is 417 cm³/mol. The molecule has 31 heteroatoms. The molecule has 590 valence electrons. The number of nitrogens with one attached hydrogen (secondary N) is 1. The second-order valence-corrected chi connectivity index (χ2v) is 24.7. The SMILES string of the molecule is NCc1cc(-c2ccccc2)no1.OCOCCc1cc2ncnc(Cl)c2cc1CCOCO.OCOCCc1cc2ncnc(NCc3cc(-c4ccccc4)no3)c2cc1CCOCO.OCOCCc1cc2ncnc(OCc3cc(-c4ccccc4)no3)c2cc1CCOCO.OCc1cc(-c2ccccc2)no1. The van der Waals surface area contributed by atoms with Gasteiger partial charge >= 0.3 is 0 Å². The van der Waals surface area contributed by atoms with Crippen LogP contribution < -0.4 is 15.8 Å². The molecule has 0 radical (unpaired) electrons. The molecule has 0 unspecified atom stereocenters. The van der Waals surface area contributed by atoms with E-state index in [0.29, 0.717) is 131 Å². The minimum Gasteiger partial charge on any atom is -0.469 e. The molecule has 0 bridgehead atoms. The van der Waals surface area contributed by atoms with Crippen molar-refractivity contribution in [1.29, 1.82) is 0 Å². The molecule has 7 heterocycles. The minimum atomic E-state index is -0.337. The molecule has 7 aromatic heterocycles. The third kappa shape index (κ3) is 25.9. The lowest BCUT2D eigenvalue weighted by atomic mass is 9.99. The number of nitrogens with two attached hydrogens (primary N) is 1. The van der Waals surface area contributed by atoms with Crippen molar-refractivity contribution in [1.82, 2.24) is 50.5 Å². The van der Waals surface area contributed by atoms with Crippen LogP contribution in [0, 0.1) is 0 Å². The van der Waals surface area contributed by atoms with Crippen LogP contribution in [0.15, 0.2) is 219 Å². The van der Waals surface area contributed by atoms with E-state index in [9.17, 15) is 0 Å². The van der Waals surface area contributed by atoms with Gasteiger partial charge in [-0.1, -0.05) is 154 Å². The van der Waals surface area contributed by atoms with E-state index in [-0.39, 0.29) is 54.0 Å². The molecule has 0 saturated carbocycles. The number of rotatable bonds is 36. The number of hydrogen-bond acceptors (Lipinski definition) is 30. The number of halogens is 1. The Morgan fingerprint density at radius 2 is 0.673 bits per heavy atom. The lowest BCUT2D eigenvalue weighted by molar-refractivity contribution is -0.00152. The lowest BCUT2D eigenvalue weighted by Gasteiger charge is -2.13. The average Bonchev–Trinajstić information content (AvgIpc) is 1.78. The zero-order valence-electron chi connectivity index (χ0n) is 61.7. The molecular formula is C82H87ClN12O18. The highest BCUT2D eigenvalue weighted by Gasteiger charge is 2.17. The Labute approximate surface area is 654 Å². The minimum absolute atomic E-state index is 0.111. The number of anilines is 1. The first kappa shape index (κ1) is 84.2. The topological polar surface area (TPSA) is 426 Å². The molecule has 10 N–H and O–H groups in total. The Kier molecular flexibility index (Phi) is 34.7. The fraction of sp³-hybridized carbons (Fsp3) is 0.268. The van der Waals surface area contributed by atoms with Gasteiger partial charge in [0.15, 0.2) is 29.6 Å². The Balaban J connectivity index is 0.000000157. The van der Waals surface area contributed by atoms with Gasteiger partial charge in [-0.15, -0.1) is 0 Å². The van der Waals surface area contributed by atoms with Crippen molar-refractivity contribution < 1.29 is 87.0 Å². The van der Waals surface area contributed by atoms with E-state index >= 15 is 0 Å². The second-order valence-electron chi connectivity index (χ2n) is 24.4. The molecule has 14 rings (SSSR count). The van der Waals surface area contributed by atoms with E-state index in [4.69, 9.17) is 104 Å².